The van der Waals surface area contributed by atoms with Crippen molar-refractivity contribution >= 4 is 27.3 Å². The van der Waals surface area contributed by atoms with Gasteiger partial charge < -0.3 is 9.64 Å². The maximum atomic E-state index is 14.0. The summed E-state index contributed by atoms with van der Waals surface area (Å²) in [5, 5.41) is 4.33. The van der Waals surface area contributed by atoms with Crippen molar-refractivity contribution in [3.05, 3.63) is 80.7 Å². The molecule has 1 aliphatic carbocycles. The van der Waals surface area contributed by atoms with Gasteiger partial charge in [-0.05, 0) is 62.1 Å². The standard InChI is InChI=1S/C27H29ClF2N4O4S/c1-17(2)39(36,37)33-9-7-32(8-10-33)25-16-31-34(23-14-21(29)13-22(30)15-23)27(35)26(25)38-24-6-4-18-11-20(28)5-3-19(18)12-24/h3,5,11,13-17,24H,4,6-10,12H2,1-2H3. The lowest BCUT2D eigenvalue weighted by molar-refractivity contribution is 0.181. The maximum Gasteiger partial charge on any atom is 0.316 e. The highest BCUT2D eigenvalue weighted by atomic mass is 35.5. The number of hydrogen-bond donors (Lipinski definition) is 0. The van der Waals surface area contributed by atoms with Crippen molar-refractivity contribution in [3.8, 4) is 11.4 Å². The van der Waals surface area contributed by atoms with Crippen LogP contribution in [-0.4, -0.2) is 60.0 Å². The predicted molar refractivity (Wildman–Crippen MR) is 145 cm³/mol. The van der Waals surface area contributed by atoms with Crippen LogP contribution in [0.1, 0.15) is 31.4 Å². The van der Waals surface area contributed by atoms with Crippen molar-refractivity contribution in [2.45, 2.75) is 44.5 Å². The number of benzene rings is 2. The number of aromatic nitrogens is 2. The van der Waals surface area contributed by atoms with E-state index in [0.717, 1.165) is 40.4 Å². The largest absolute Gasteiger partial charge is 0.483 e. The smallest absolute Gasteiger partial charge is 0.316 e. The molecule has 0 saturated carbocycles. The minimum absolute atomic E-state index is 0.0113. The number of nitrogens with zero attached hydrogens (tertiary/aromatic N) is 4. The molecule has 1 saturated heterocycles. The third-order valence-corrected chi connectivity index (χ3v) is 9.69. The van der Waals surface area contributed by atoms with E-state index >= 15 is 0 Å². The summed E-state index contributed by atoms with van der Waals surface area (Å²) < 4.78 is 61.9. The summed E-state index contributed by atoms with van der Waals surface area (Å²) in [7, 11) is -3.42. The van der Waals surface area contributed by atoms with Crippen LogP contribution in [0, 0.1) is 11.6 Å². The van der Waals surface area contributed by atoms with E-state index < -0.39 is 32.5 Å². The molecule has 0 radical (unpaired) electrons. The van der Waals surface area contributed by atoms with Gasteiger partial charge in [-0.2, -0.15) is 14.1 Å². The summed E-state index contributed by atoms with van der Waals surface area (Å²) in [6.45, 7) is 4.43. The molecular weight excluding hydrogens is 550 g/mol. The summed E-state index contributed by atoms with van der Waals surface area (Å²) in [6.07, 6.45) is 3.03. The Bertz CT molecular complexity index is 1540. The zero-order valence-electron chi connectivity index (χ0n) is 21.6. The summed E-state index contributed by atoms with van der Waals surface area (Å²) in [4.78, 5) is 15.6. The van der Waals surface area contributed by atoms with Crippen molar-refractivity contribution in [3.63, 3.8) is 0 Å². The second-order valence-corrected chi connectivity index (χ2v) is 13.0. The first kappa shape index (κ1) is 27.5. The fourth-order valence-electron chi connectivity index (χ4n) is 5.05. The van der Waals surface area contributed by atoms with Crippen LogP contribution in [0.3, 0.4) is 0 Å². The van der Waals surface area contributed by atoms with Gasteiger partial charge >= 0.3 is 5.56 Å². The van der Waals surface area contributed by atoms with E-state index in [2.05, 4.69) is 5.10 Å². The molecule has 1 fully saturated rings. The van der Waals surface area contributed by atoms with Gasteiger partial charge in [0.15, 0.2) is 0 Å². The molecule has 0 bridgehead atoms. The minimum atomic E-state index is -3.42. The second kappa shape index (κ2) is 10.9. The molecule has 1 aliphatic heterocycles. The molecule has 12 heteroatoms. The van der Waals surface area contributed by atoms with Crippen molar-refractivity contribution in [2.75, 3.05) is 31.1 Å². The maximum absolute atomic E-state index is 14.0. The molecule has 2 aromatic carbocycles. The third-order valence-electron chi connectivity index (χ3n) is 7.18. The minimum Gasteiger partial charge on any atom is -0.483 e. The van der Waals surface area contributed by atoms with Crippen LogP contribution in [-0.2, 0) is 22.9 Å². The van der Waals surface area contributed by atoms with Crippen LogP contribution in [0.2, 0.25) is 5.02 Å². The number of piperazine rings is 1. The van der Waals surface area contributed by atoms with E-state index in [0.29, 0.717) is 36.6 Å². The van der Waals surface area contributed by atoms with E-state index in [1.54, 1.807) is 13.8 Å². The Labute approximate surface area is 230 Å². The number of rotatable bonds is 6. The zero-order chi connectivity index (χ0) is 27.9. The topological polar surface area (TPSA) is 84.7 Å². The Hall–Kier alpha value is -3.02. The van der Waals surface area contributed by atoms with Crippen LogP contribution in [0.4, 0.5) is 14.5 Å². The highest BCUT2D eigenvalue weighted by molar-refractivity contribution is 7.89. The van der Waals surface area contributed by atoms with Gasteiger partial charge in [0.1, 0.15) is 23.4 Å². The molecule has 1 unspecified atom stereocenters. The SMILES string of the molecule is CC(C)S(=O)(=O)N1CCN(c2cnn(-c3cc(F)cc(F)c3)c(=O)c2OC2CCc3cc(Cl)ccc3C2)CC1. The first-order chi connectivity index (χ1) is 18.5. The van der Waals surface area contributed by atoms with Gasteiger partial charge in [0.25, 0.3) is 0 Å². The van der Waals surface area contributed by atoms with Crippen LogP contribution in [0.15, 0.2) is 47.4 Å². The van der Waals surface area contributed by atoms with Crippen LogP contribution in [0.5, 0.6) is 5.75 Å². The number of hydrogen-bond acceptors (Lipinski definition) is 6. The molecular formula is C27H29ClF2N4O4S. The van der Waals surface area contributed by atoms with Gasteiger partial charge in [-0.3, -0.25) is 4.79 Å². The van der Waals surface area contributed by atoms with E-state index in [1.165, 1.54) is 10.5 Å². The van der Waals surface area contributed by atoms with Gasteiger partial charge in [0.05, 0.1) is 17.1 Å². The molecule has 3 aromatic rings. The monoisotopic (exact) mass is 578 g/mol. The van der Waals surface area contributed by atoms with Gasteiger partial charge in [0.2, 0.25) is 15.8 Å². The highest BCUT2D eigenvalue weighted by Crippen LogP contribution is 2.31. The zero-order valence-corrected chi connectivity index (χ0v) is 23.2. The molecule has 39 heavy (non-hydrogen) atoms. The third kappa shape index (κ3) is 5.66. The lowest BCUT2D eigenvalue weighted by atomic mass is 9.90. The molecule has 1 aromatic heterocycles. The second-order valence-electron chi connectivity index (χ2n) is 10.1. The van der Waals surface area contributed by atoms with Crippen molar-refractivity contribution in [1.82, 2.24) is 14.1 Å². The van der Waals surface area contributed by atoms with Gasteiger partial charge in [0, 0.05) is 43.7 Å². The molecule has 0 spiro atoms. The van der Waals surface area contributed by atoms with Crippen LogP contribution in [0.25, 0.3) is 5.69 Å². The normalized spacial score (nSPS) is 18.3. The number of anilines is 1. The summed E-state index contributed by atoms with van der Waals surface area (Å²) in [5.41, 5.74) is 1.90. The fraction of sp³-hybridized carbons (Fsp3) is 0.407. The molecule has 5 rings (SSSR count). The fourth-order valence-corrected chi connectivity index (χ4v) is 6.51. The average Bonchev–Trinajstić information content (AvgIpc) is 2.89. The summed E-state index contributed by atoms with van der Waals surface area (Å²) in [5.74, 6) is -1.66. The number of sulfonamides is 1. The summed E-state index contributed by atoms with van der Waals surface area (Å²) in [6, 6.07) is 8.46. The lowest BCUT2D eigenvalue weighted by Gasteiger charge is -2.37. The summed E-state index contributed by atoms with van der Waals surface area (Å²) >= 11 is 6.14. The Morgan fingerprint density at radius 3 is 2.38 bits per heavy atom. The number of halogens is 3. The van der Waals surface area contributed by atoms with Gasteiger partial charge in [-0.1, -0.05) is 17.7 Å². The van der Waals surface area contributed by atoms with Gasteiger partial charge in [-0.25, -0.2) is 17.2 Å². The van der Waals surface area contributed by atoms with E-state index in [4.69, 9.17) is 16.3 Å². The Kier molecular flexibility index (Phi) is 7.67. The predicted octanol–water partition coefficient (Wildman–Crippen LogP) is 3.96. The quantitative estimate of drug-likeness (QED) is 0.440. The van der Waals surface area contributed by atoms with Crippen LogP contribution < -0.4 is 15.2 Å². The molecule has 0 N–H and O–H groups in total. The van der Waals surface area contributed by atoms with Crippen molar-refractivity contribution < 1.29 is 21.9 Å². The van der Waals surface area contributed by atoms with E-state index in [9.17, 15) is 22.0 Å². The molecule has 0 amide bonds. The molecule has 2 heterocycles. The Morgan fingerprint density at radius 2 is 1.72 bits per heavy atom. The molecule has 1 atom stereocenters. The van der Waals surface area contributed by atoms with Crippen molar-refractivity contribution in [2.24, 2.45) is 0 Å². The highest BCUT2D eigenvalue weighted by Gasteiger charge is 2.32. The van der Waals surface area contributed by atoms with Crippen molar-refractivity contribution in [1.29, 1.82) is 0 Å². The van der Waals surface area contributed by atoms with Gasteiger partial charge in [-0.15, -0.1) is 0 Å². The number of ether oxygens (including phenoxy) is 1. The molecule has 2 aliphatic rings. The van der Waals surface area contributed by atoms with E-state index in [-0.39, 0.29) is 30.6 Å². The molecule has 208 valence electrons. The number of aryl methyl sites for hydroxylation is 1. The lowest BCUT2D eigenvalue weighted by Crippen LogP contribution is -2.50. The Morgan fingerprint density at radius 1 is 1.03 bits per heavy atom. The first-order valence-electron chi connectivity index (χ1n) is 12.8. The average molecular weight is 579 g/mol. The number of fused-ring (bicyclic) bond motifs is 1. The molecule has 8 nitrogen and oxygen atoms in total. The Balaban J connectivity index is 1.49. The van der Waals surface area contributed by atoms with E-state index in [1.807, 2.05) is 23.1 Å². The first-order valence-corrected chi connectivity index (χ1v) is 14.7. The van der Waals surface area contributed by atoms with Crippen LogP contribution >= 0.6 is 11.6 Å².